The number of ketones is 1. The quantitative estimate of drug-likeness (QED) is 0.758. The molecule has 0 saturated heterocycles. The van der Waals surface area contributed by atoms with E-state index in [-0.39, 0.29) is 5.78 Å². The first-order valence-corrected chi connectivity index (χ1v) is 5.87. The first-order chi connectivity index (χ1) is 8.13. The molecule has 0 aliphatic rings. The highest BCUT2D eigenvalue weighted by atomic mass is 79.9. The summed E-state index contributed by atoms with van der Waals surface area (Å²) < 4.78 is 15.9. The normalized spacial score (nSPS) is 10.1. The lowest BCUT2D eigenvalue weighted by Crippen LogP contribution is -2.06. The number of benzene rings is 1. The highest BCUT2D eigenvalue weighted by Gasteiger charge is 2.15. The fourth-order valence-electron chi connectivity index (χ4n) is 1.41. The van der Waals surface area contributed by atoms with Gasteiger partial charge in [0, 0.05) is 19.6 Å². The Kier molecular flexibility index (Phi) is 5.44. The smallest absolute Gasteiger partial charge is 0.168 e. The zero-order valence-corrected chi connectivity index (χ0v) is 11.7. The molecule has 1 rings (SSSR count). The average Bonchev–Trinajstić information content (AvgIpc) is 2.35. The lowest BCUT2D eigenvalue weighted by molar-refractivity contribution is 0.0929. The molecule has 4 nitrogen and oxygen atoms in total. The summed E-state index contributed by atoms with van der Waals surface area (Å²) in [5, 5.41) is 0. The van der Waals surface area contributed by atoms with Crippen LogP contribution in [0.1, 0.15) is 16.8 Å². The summed E-state index contributed by atoms with van der Waals surface area (Å²) in [6.45, 7) is 0.394. The molecule has 0 bridgehead atoms. The van der Waals surface area contributed by atoms with Crippen molar-refractivity contribution in [3.63, 3.8) is 0 Å². The minimum Gasteiger partial charge on any atom is -0.496 e. The van der Waals surface area contributed by atoms with Crippen molar-refractivity contribution in [2.24, 2.45) is 0 Å². The van der Waals surface area contributed by atoms with Crippen LogP contribution in [0.15, 0.2) is 16.6 Å². The third-order valence-electron chi connectivity index (χ3n) is 2.31. The summed E-state index contributed by atoms with van der Waals surface area (Å²) in [6, 6.07) is 3.39. The van der Waals surface area contributed by atoms with Gasteiger partial charge >= 0.3 is 0 Å². The molecular weight excluding hydrogens is 288 g/mol. The van der Waals surface area contributed by atoms with Gasteiger partial charge in [-0.15, -0.1) is 0 Å². The van der Waals surface area contributed by atoms with Gasteiger partial charge in [0.15, 0.2) is 5.78 Å². The first kappa shape index (κ1) is 14.0. The van der Waals surface area contributed by atoms with Crippen LogP contribution in [0.5, 0.6) is 11.5 Å². The Hall–Kier alpha value is -1.07. The predicted octanol–water partition coefficient (Wildman–Crippen LogP) is 2.69. The molecule has 0 aliphatic carbocycles. The van der Waals surface area contributed by atoms with E-state index in [2.05, 4.69) is 15.9 Å². The summed E-state index contributed by atoms with van der Waals surface area (Å²) >= 11 is 3.34. The van der Waals surface area contributed by atoms with Gasteiger partial charge in [0.2, 0.25) is 0 Å². The van der Waals surface area contributed by atoms with Gasteiger partial charge in [-0.05, 0) is 22.0 Å². The molecule has 0 amide bonds. The van der Waals surface area contributed by atoms with E-state index in [4.69, 9.17) is 14.2 Å². The molecule has 17 heavy (non-hydrogen) atoms. The lowest BCUT2D eigenvalue weighted by atomic mass is 10.1. The monoisotopic (exact) mass is 302 g/mol. The third kappa shape index (κ3) is 3.44. The van der Waals surface area contributed by atoms with Gasteiger partial charge in [0.1, 0.15) is 11.5 Å². The molecule has 1 aromatic rings. The van der Waals surface area contributed by atoms with Gasteiger partial charge in [-0.1, -0.05) is 0 Å². The van der Waals surface area contributed by atoms with Crippen LogP contribution in [-0.2, 0) is 4.74 Å². The molecule has 0 spiro atoms. The summed E-state index contributed by atoms with van der Waals surface area (Å²) in [7, 11) is 4.65. The summed E-state index contributed by atoms with van der Waals surface area (Å²) in [6.07, 6.45) is 0.325. The number of halogens is 1. The van der Waals surface area contributed by atoms with Crippen molar-refractivity contribution < 1.29 is 19.0 Å². The Morgan fingerprint density at radius 1 is 1.18 bits per heavy atom. The maximum atomic E-state index is 11.9. The zero-order valence-electron chi connectivity index (χ0n) is 10.1. The summed E-state index contributed by atoms with van der Waals surface area (Å²) in [5.41, 5.74) is 0.525. The molecule has 0 aliphatic heterocycles. The zero-order chi connectivity index (χ0) is 12.8. The molecule has 0 heterocycles. The van der Waals surface area contributed by atoms with Crippen molar-refractivity contribution in [1.82, 2.24) is 0 Å². The fraction of sp³-hybridized carbons (Fsp3) is 0.417. The number of carbonyl (C=O) groups is 1. The third-order valence-corrected chi connectivity index (χ3v) is 2.93. The summed E-state index contributed by atoms with van der Waals surface area (Å²) in [4.78, 5) is 11.9. The minimum absolute atomic E-state index is 0.0212. The fourth-order valence-corrected chi connectivity index (χ4v) is 1.91. The van der Waals surface area contributed by atoms with Crippen LogP contribution in [0.25, 0.3) is 0 Å². The van der Waals surface area contributed by atoms with Crippen LogP contribution in [0.2, 0.25) is 0 Å². The predicted molar refractivity (Wildman–Crippen MR) is 68.1 cm³/mol. The number of rotatable bonds is 6. The van der Waals surface area contributed by atoms with Gasteiger partial charge in [-0.25, -0.2) is 0 Å². The molecule has 1 aromatic carbocycles. The van der Waals surface area contributed by atoms with Gasteiger partial charge in [0.25, 0.3) is 0 Å². The van der Waals surface area contributed by atoms with Gasteiger partial charge < -0.3 is 14.2 Å². The Bertz CT molecular complexity index is 404. The standard InChI is InChI=1S/C12H15BrO4/c1-15-5-4-10(14)8-6-9(13)12(17-3)7-11(8)16-2/h6-7H,4-5H2,1-3H3. The lowest BCUT2D eigenvalue weighted by Gasteiger charge is -2.11. The number of methoxy groups -OCH3 is 3. The maximum absolute atomic E-state index is 11.9. The van der Waals surface area contributed by atoms with Gasteiger partial charge in [-0.3, -0.25) is 4.79 Å². The largest absolute Gasteiger partial charge is 0.496 e. The second-order valence-corrected chi connectivity index (χ2v) is 4.21. The Labute approximate surface area is 109 Å². The van der Waals surface area contributed by atoms with Crippen LogP contribution < -0.4 is 9.47 Å². The molecule has 5 heteroatoms. The molecule has 0 fully saturated rings. The molecule has 94 valence electrons. The van der Waals surface area contributed by atoms with E-state index in [1.807, 2.05) is 0 Å². The van der Waals surface area contributed by atoms with E-state index >= 15 is 0 Å². The van der Waals surface area contributed by atoms with Crippen LogP contribution in [0, 0.1) is 0 Å². The Balaban J connectivity index is 3.05. The SMILES string of the molecule is COCCC(=O)c1cc(Br)c(OC)cc1OC. The van der Waals surface area contributed by atoms with E-state index in [0.717, 1.165) is 4.47 Å². The van der Waals surface area contributed by atoms with Crippen molar-refractivity contribution in [3.8, 4) is 11.5 Å². The van der Waals surface area contributed by atoms with E-state index in [1.165, 1.54) is 7.11 Å². The van der Waals surface area contributed by atoms with Crippen molar-refractivity contribution >= 4 is 21.7 Å². The van der Waals surface area contributed by atoms with Gasteiger partial charge in [-0.2, -0.15) is 0 Å². The second-order valence-electron chi connectivity index (χ2n) is 3.35. The van der Waals surface area contributed by atoms with Crippen LogP contribution in [0.4, 0.5) is 0 Å². The van der Waals surface area contributed by atoms with Crippen LogP contribution >= 0.6 is 15.9 Å². The highest BCUT2D eigenvalue weighted by Crippen LogP contribution is 2.33. The van der Waals surface area contributed by atoms with Crippen molar-refractivity contribution in [2.75, 3.05) is 27.9 Å². The maximum Gasteiger partial charge on any atom is 0.168 e. The molecule has 0 radical (unpaired) electrons. The van der Waals surface area contributed by atoms with Gasteiger partial charge in [0.05, 0.1) is 30.9 Å². The van der Waals surface area contributed by atoms with E-state index in [9.17, 15) is 4.79 Å². The average molecular weight is 303 g/mol. The highest BCUT2D eigenvalue weighted by molar-refractivity contribution is 9.10. The number of Topliss-reactive ketones (excluding diaryl/α,β-unsaturated/α-hetero) is 1. The second kappa shape index (κ2) is 6.61. The van der Waals surface area contributed by atoms with Crippen molar-refractivity contribution in [1.29, 1.82) is 0 Å². The molecule has 0 atom stereocenters. The van der Waals surface area contributed by atoms with Crippen molar-refractivity contribution in [3.05, 3.63) is 22.2 Å². The van der Waals surface area contributed by atoms with Crippen LogP contribution in [0.3, 0.4) is 0 Å². The first-order valence-electron chi connectivity index (χ1n) is 5.07. The number of hydrogen-bond acceptors (Lipinski definition) is 4. The minimum atomic E-state index is -0.0212. The Morgan fingerprint density at radius 2 is 1.82 bits per heavy atom. The summed E-state index contributed by atoms with van der Waals surface area (Å²) in [5.74, 6) is 1.11. The van der Waals surface area contributed by atoms with E-state index in [0.29, 0.717) is 30.1 Å². The topological polar surface area (TPSA) is 44.8 Å². The van der Waals surface area contributed by atoms with E-state index in [1.54, 1.807) is 26.4 Å². The number of hydrogen-bond donors (Lipinski definition) is 0. The van der Waals surface area contributed by atoms with E-state index < -0.39 is 0 Å². The molecule has 0 aromatic heterocycles. The number of carbonyl (C=O) groups excluding carboxylic acids is 1. The molecule has 0 unspecified atom stereocenters. The molecule has 0 saturated carbocycles. The van der Waals surface area contributed by atoms with Crippen LogP contribution in [-0.4, -0.2) is 33.7 Å². The molecule has 0 N–H and O–H groups in total. The van der Waals surface area contributed by atoms with Crippen molar-refractivity contribution in [2.45, 2.75) is 6.42 Å². The Morgan fingerprint density at radius 3 is 2.35 bits per heavy atom. The molecular formula is C12H15BrO4. The number of ether oxygens (including phenoxy) is 3.